The molecule has 0 atom stereocenters. The highest BCUT2D eigenvalue weighted by Gasteiger charge is 2.35. The van der Waals surface area contributed by atoms with Crippen molar-refractivity contribution in [2.24, 2.45) is 0 Å². The summed E-state index contributed by atoms with van der Waals surface area (Å²) < 4.78 is 0. The molecule has 0 saturated heterocycles. The van der Waals surface area contributed by atoms with Crippen molar-refractivity contribution in [2.45, 2.75) is 32.1 Å². The van der Waals surface area contributed by atoms with Gasteiger partial charge in [-0.05, 0) is 53.3 Å². The molecule has 0 aromatic heterocycles. The van der Waals surface area contributed by atoms with Gasteiger partial charge in [-0.1, -0.05) is 56.3 Å². The van der Waals surface area contributed by atoms with E-state index < -0.39 is 0 Å². The van der Waals surface area contributed by atoms with Gasteiger partial charge < -0.3 is 5.32 Å². The van der Waals surface area contributed by atoms with E-state index in [2.05, 4.69) is 79.9 Å². The Labute approximate surface area is 132 Å². The van der Waals surface area contributed by atoms with Gasteiger partial charge >= 0.3 is 0 Å². The van der Waals surface area contributed by atoms with E-state index in [9.17, 15) is 0 Å². The molecule has 2 aliphatic carbocycles. The van der Waals surface area contributed by atoms with E-state index in [4.69, 9.17) is 0 Å². The van der Waals surface area contributed by atoms with Crippen molar-refractivity contribution < 1.29 is 0 Å². The van der Waals surface area contributed by atoms with Gasteiger partial charge in [-0.25, -0.2) is 0 Å². The van der Waals surface area contributed by atoms with E-state index in [1.165, 1.54) is 33.6 Å². The molecule has 0 heterocycles. The first kappa shape index (κ1) is 13.4. The lowest BCUT2D eigenvalue weighted by molar-refractivity contribution is 0.660. The summed E-state index contributed by atoms with van der Waals surface area (Å²) in [4.78, 5) is 0. The summed E-state index contributed by atoms with van der Waals surface area (Å²) >= 11 is 0. The van der Waals surface area contributed by atoms with Gasteiger partial charge in [0.15, 0.2) is 0 Å². The van der Waals surface area contributed by atoms with E-state index in [0.29, 0.717) is 0 Å². The average molecular weight is 287 g/mol. The number of nitrogens with one attached hydrogen (secondary N) is 1. The molecule has 2 aromatic carbocycles. The molecule has 1 heteroatoms. The normalized spacial score (nSPS) is 17.6. The third-order valence-electron chi connectivity index (χ3n) is 4.87. The van der Waals surface area contributed by atoms with Gasteiger partial charge in [-0.2, -0.15) is 0 Å². The molecule has 0 aliphatic heterocycles. The van der Waals surface area contributed by atoms with Gasteiger partial charge in [0.25, 0.3) is 0 Å². The zero-order valence-electron chi connectivity index (χ0n) is 13.2. The van der Waals surface area contributed by atoms with Crippen LogP contribution in [0, 0.1) is 0 Å². The largest absolute Gasteiger partial charge is 0.356 e. The minimum atomic E-state index is 0.0698. The molecule has 0 radical (unpaired) electrons. The van der Waals surface area contributed by atoms with Gasteiger partial charge in [0.05, 0.1) is 0 Å². The first-order chi connectivity index (χ1) is 10.7. The number of fused-ring (bicyclic) bond motifs is 3. The molecule has 0 unspecified atom stereocenters. The maximum atomic E-state index is 3.55. The molecular weight excluding hydrogens is 266 g/mol. The number of allylic oxidation sites excluding steroid dienone is 3. The van der Waals surface area contributed by atoms with Crippen molar-refractivity contribution in [3.05, 3.63) is 77.5 Å². The van der Waals surface area contributed by atoms with E-state index >= 15 is 0 Å². The fourth-order valence-corrected chi connectivity index (χ4v) is 3.65. The second kappa shape index (κ2) is 4.88. The molecule has 0 bridgehead atoms. The van der Waals surface area contributed by atoms with Gasteiger partial charge in [0, 0.05) is 16.8 Å². The first-order valence-electron chi connectivity index (χ1n) is 8.04. The van der Waals surface area contributed by atoms with Crippen LogP contribution >= 0.6 is 0 Å². The van der Waals surface area contributed by atoms with E-state index in [-0.39, 0.29) is 5.41 Å². The lowest BCUT2D eigenvalue weighted by Crippen LogP contribution is -2.15. The topological polar surface area (TPSA) is 12.0 Å². The van der Waals surface area contributed by atoms with Gasteiger partial charge in [0.1, 0.15) is 0 Å². The molecule has 1 nitrogen and oxygen atoms in total. The molecule has 0 spiro atoms. The molecular formula is C21H21N. The Kier molecular flexibility index (Phi) is 2.97. The van der Waals surface area contributed by atoms with Crippen molar-refractivity contribution in [1.29, 1.82) is 0 Å². The maximum Gasteiger partial charge on any atom is 0.0387 e. The fourth-order valence-electron chi connectivity index (χ4n) is 3.65. The number of anilines is 1. The van der Waals surface area contributed by atoms with Crippen LogP contribution in [-0.2, 0) is 5.41 Å². The van der Waals surface area contributed by atoms with Crippen LogP contribution in [0.5, 0.6) is 0 Å². The monoisotopic (exact) mass is 287 g/mol. The lowest BCUT2D eigenvalue weighted by atomic mass is 9.82. The minimum Gasteiger partial charge on any atom is -0.356 e. The fraction of sp³-hybridized carbons (Fsp3) is 0.238. The molecule has 22 heavy (non-hydrogen) atoms. The summed E-state index contributed by atoms with van der Waals surface area (Å²) in [6.45, 7) is 4.64. The molecule has 2 aromatic rings. The predicted molar refractivity (Wildman–Crippen MR) is 94.1 cm³/mol. The quantitative estimate of drug-likeness (QED) is 0.753. The SMILES string of the molecule is CC1(C)c2ccccc2-c2ccc(NC3=CCCC=C3)cc21. The smallest absolute Gasteiger partial charge is 0.0387 e. The molecule has 0 amide bonds. The van der Waals surface area contributed by atoms with Crippen LogP contribution in [0.3, 0.4) is 0 Å². The summed E-state index contributed by atoms with van der Waals surface area (Å²) in [6, 6.07) is 15.5. The van der Waals surface area contributed by atoms with Crippen LogP contribution < -0.4 is 5.32 Å². The summed E-state index contributed by atoms with van der Waals surface area (Å²) in [6.07, 6.45) is 8.96. The Balaban J connectivity index is 1.75. The third-order valence-corrected chi connectivity index (χ3v) is 4.87. The van der Waals surface area contributed by atoms with E-state index in [0.717, 1.165) is 12.8 Å². The zero-order chi connectivity index (χ0) is 15.2. The van der Waals surface area contributed by atoms with Crippen molar-refractivity contribution in [3.8, 4) is 11.1 Å². The molecule has 2 aliphatic rings. The molecule has 4 rings (SSSR count). The Bertz CT molecular complexity index is 793. The van der Waals surface area contributed by atoms with Crippen molar-refractivity contribution in [3.63, 3.8) is 0 Å². The Morgan fingerprint density at radius 1 is 0.909 bits per heavy atom. The standard InChI is InChI=1S/C21H21N/c1-21(2)19-11-7-6-10-17(19)18-13-12-16(14-20(18)21)22-15-8-4-3-5-9-15/h4,6-14,22H,3,5H2,1-2H3. The minimum absolute atomic E-state index is 0.0698. The molecule has 0 saturated carbocycles. The highest BCUT2D eigenvalue weighted by atomic mass is 14.9. The third kappa shape index (κ3) is 2.00. The molecule has 0 fully saturated rings. The van der Waals surface area contributed by atoms with Crippen molar-refractivity contribution in [1.82, 2.24) is 0 Å². The number of rotatable bonds is 2. The second-order valence-electron chi connectivity index (χ2n) is 6.70. The van der Waals surface area contributed by atoms with Crippen LogP contribution in [0.2, 0.25) is 0 Å². The average Bonchev–Trinajstić information content (AvgIpc) is 2.77. The highest BCUT2D eigenvalue weighted by Crippen LogP contribution is 2.49. The van der Waals surface area contributed by atoms with Crippen LogP contribution in [0.25, 0.3) is 11.1 Å². The van der Waals surface area contributed by atoms with Crippen molar-refractivity contribution >= 4 is 5.69 Å². The maximum absolute atomic E-state index is 3.55. The Hall–Kier alpha value is -2.28. The predicted octanol–water partition coefficient (Wildman–Crippen LogP) is 5.64. The zero-order valence-corrected chi connectivity index (χ0v) is 13.2. The van der Waals surface area contributed by atoms with E-state index in [1.807, 2.05) is 0 Å². The van der Waals surface area contributed by atoms with Gasteiger partial charge in [-0.3, -0.25) is 0 Å². The van der Waals surface area contributed by atoms with Crippen LogP contribution in [0.15, 0.2) is 66.4 Å². The molecule has 110 valence electrons. The van der Waals surface area contributed by atoms with Crippen LogP contribution in [-0.4, -0.2) is 0 Å². The van der Waals surface area contributed by atoms with Crippen molar-refractivity contribution in [2.75, 3.05) is 5.32 Å². The number of hydrogen-bond donors (Lipinski definition) is 1. The van der Waals surface area contributed by atoms with Crippen LogP contribution in [0.1, 0.15) is 37.8 Å². The van der Waals surface area contributed by atoms with E-state index in [1.54, 1.807) is 0 Å². The number of hydrogen-bond acceptors (Lipinski definition) is 1. The number of benzene rings is 2. The van der Waals surface area contributed by atoms with Crippen LogP contribution in [0.4, 0.5) is 5.69 Å². The summed E-state index contributed by atoms with van der Waals surface area (Å²) in [5.74, 6) is 0. The first-order valence-corrected chi connectivity index (χ1v) is 8.04. The summed E-state index contributed by atoms with van der Waals surface area (Å²) in [5.41, 5.74) is 8.06. The highest BCUT2D eigenvalue weighted by molar-refractivity contribution is 5.82. The Morgan fingerprint density at radius 3 is 2.55 bits per heavy atom. The lowest BCUT2D eigenvalue weighted by Gasteiger charge is -2.22. The summed E-state index contributed by atoms with van der Waals surface area (Å²) in [5, 5.41) is 3.55. The summed E-state index contributed by atoms with van der Waals surface area (Å²) in [7, 11) is 0. The second-order valence-corrected chi connectivity index (χ2v) is 6.70. The van der Waals surface area contributed by atoms with Gasteiger partial charge in [-0.15, -0.1) is 0 Å². The van der Waals surface area contributed by atoms with Gasteiger partial charge in [0.2, 0.25) is 0 Å². The Morgan fingerprint density at radius 2 is 1.73 bits per heavy atom. The molecule has 1 N–H and O–H groups in total.